The second-order valence-electron chi connectivity index (χ2n) is 9.22. The van der Waals surface area contributed by atoms with Crippen molar-refractivity contribution in [1.29, 1.82) is 0 Å². The van der Waals surface area contributed by atoms with Gasteiger partial charge in [-0.1, -0.05) is 29.3 Å². The lowest BCUT2D eigenvalue weighted by molar-refractivity contribution is -0.138. The van der Waals surface area contributed by atoms with Gasteiger partial charge >= 0.3 is 17.8 Å². The van der Waals surface area contributed by atoms with Gasteiger partial charge in [0.15, 0.2) is 0 Å². The Balaban J connectivity index is 1.51. The van der Waals surface area contributed by atoms with Gasteiger partial charge < -0.3 is 19.8 Å². The molecule has 41 heavy (non-hydrogen) atoms. The van der Waals surface area contributed by atoms with Crippen molar-refractivity contribution in [3.8, 4) is 0 Å². The molecule has 0 spiro atoms. The third-order valence-electron chi connectivity index (χ3n) is 6.40. The molecule has 0 saturated carbocycles. The second kappa shape index (κ2) is 12.4. The lowest BCUT2D eigenvalue weighted by atomic mass is 10.1. The number of nitrogens with zero attached hydrogens (tertiary/aromatic N) is 1. The van der Waals surface area contributed by atoms with Crippen molar-refractivity contribution in [2.45, 2.75) is 34.2 Å². The number of rotatable bonds is 7. The quantitative estimate of drug-likeness (QED) is 0.205. The van der Waals surface area contributed by atoms with E-state index < -0.39 is 23.7 Å². The average molecular weight is 596 g/mol. The van der Waals surface area contributed by atoms with Gasteiger partial charge in [0.2, 0.25) is 0 Å². The molecule has 212 valence electrons. The number of carbonyl (C=O) groups excluding carboxylic acids is 4. The van der Waals surface area contributed by atoms with Gasteiger partial charge in [-0.3, -0.25) is 19.3 Å². The maximum absolute atomic E-state index is 13.6. The number of carbonyl (C=O) groups is 4. The number of amides is 3. The molecule has 2 aromatic carbocycles. The maximum atomic E-state index is 13.6. The Bertz CT molecular complexity index is 1620. The normalized spacial score (nSPS) is 14.0. The zero-order chi connectivity index (χ0) is 29.8. The lowest BCUT2D eigenvalue weighted by Gasteiger charge is -2.19. The van der Waals surface area contributed by atoms with Crippen LogP contribution in [0.3, 0.4) is 0 Å². The van der Waals surface area contributed by atoms with Crippen LogP contribution in [-0.4, -0.2) is 30.3 Å². The number of anilines is 2. The van der Waals surface area contributed by atoms with Crippen molar-refractivity contribution in [3.63, 3.8) is 0 Å². The summed E-state index contributed by atoms with van der Waals surface area (Å²) in [7, 11) is 0. The molecule has 3 amide bonds. The van der Waals surface area contributed by atoms with Crippen molar-refractivity contribution in [2.75, 3.05) is 16.8 Å². The zero-order valence-corrected chi connectivity index (χ0v) is 24.3. The number of hydrogen-bond acceptors (Lipinski definition) is 6. The Hall–Kier alpha value is -4.34. The van der Waals surface area contributed by atoms with E-state index in [2.05, 4.69) is 10.6 Å². The average Bonchev–Trinajstić information content (AvgIpc) is 3.48. The van der Waals surface area contributed by atoms with Gasteiger partial charge in [0.1, 0.15) is 11.5 Å². The topological polar surface area (TPSA) is 118 Å². The van der Waals surface area contributed by atoms with E-state index in [0.29, 0.717) is 27.9 Å². The molecule has 9 nitrogen and oxygen atoms in total. The van der Waals surface area contributed by atoms with Crippen molar-refractivity contribution in [3.05, 3.63) is 98.1 Å². The smallest absolute Gasteiger partial charge is 0.340 e. The molecular weight excluding hydrogens is 569 g/mol. The number of hydrogen-bond donors (Lipinski definition) is 2. The maximum Gasteiger partial charge on any atom is 0.340 e. The highest BCUT2D eigenvalue weighted by Crippen LogP contribution is 2.36. The first-order chi connectivity index (χ1) is 19.5. The second-order valence-corrected chi connectivity index (χ2v) is 10.0. The van der Waals surface area contributed by atoms with Crippen LogP contribution in [-0.2, 0) is 30.5 Å². The highest BCUT2D eigenvalue weighted by Gasteiger charge is 2.38. The Morgan fingerprint density at radius 2 is 1.71 bits per heavy atom. The van der Waals surface area contributed by atoms with Crippen LogP contribution < -0.4 is 15.5 Å². The number of benzene rings is 2. The van der Waals surface area contributed by atoms with E-state index in [-0.39, 0.29) is 35.1 Å². The van der Waals surface area contributed by atoms with Gasteiger partial charge in [-0.05, 0) is 87.4 Å². The van der Waals surface area contributed by atoms with E-state index in [1.165, 1.54) is 29.2 Å². The zero-order valence-electron chi connectivity index (χ0n) is 22.8. The van der Waals surface area contributed by atoms with Gasteiger partial charge in [0, 0.05) is 17.1 Å². The molecule has 4 rings (SSSR count). The van der Waals surface area contributed by atoms with Crippen LogP contribution in [0.15, 0.2) is 69.8 Å². The van der Waals surface area contributed by atoms with Crippen molar-refractivity contribution in [2.24, 2.45) is 0 Å². The fourth-order valence-electron chi connectivity index (χ4n) is 4.18. The first-order valence-corrected chi connectivity index (χ1v) is 13.4. The number of furan rings is 1. The summed E-state index contributed by atoms with van der Waals surface area (Å²) in [5, 5.41) is 5.45. The molecule has 3 aromatic rings. The molecule has 1 aliphatic heterocycles. The molecule has 0 bridgehead atoms. The third kappa shape index (κ3) is 6.53. The monoisotopic (exact) mass is 595 g/mol. The van der Waals surface area contributed by atoms with E-state index in [4.69, 9.17) is 32.4 Å². The van der Waals surface area contributed by atoms with Crippen molar-refractivity contribution >= 4 is 64.3 Å². The first kappa shape index (κ1) is 29.6. The molecule has 11 heteroatoms. The van der Waals surface area contributed by atoms with E-state index in [1.54, 1.807) is 26.0 Å². The number of nitrogens with one attached hydrogen (secondary N) is 2. The summed E-state index contributed by atoms with van der Waals surface area (Å²) in [6.07, 6.45) is 1.46. The van der Waals surface area contributed by atoms with Crippen LogP contribution in [0.25, 0.3) is 6.08 Å². The molecule has 0 aliphatic carbocycles. The summed E-state index contributed by atoms with van der Waals surface area (Å²) in [6, 6.07) is 13.2. The fraction of sp³-hybridized carbons (Fsp3) is 0.200. The van der Waals surface area contributed by atoms with Crippen LogP contribution in [0.1, 0.15) is 36.5 Å². The van der Waals surface area contributed by atoms with Crippen LogP contribution in [0.5, 0.6) is 0 Å². The number of allylic oxidation sites excluding steroid dienone is 1. The molecule has 2 N–H and O–H groups in total. The minimum absolute atomic E-state index is 0.0981. The van der Waals surface area contributed by atoms with Crippen LogP contribution >= 0.6 is 23.2 Å². The summed E-state index contributed by atoms with van der Waals surface area (Å²) in [5.74, 6) is -2.23. The largest absolute Gasteiger partial charge is 0.462 e. The van der Waals surface area contributed by atoms with E-state index >= 15 is 0 Å². The first-order valence-electron chi connectivity index (χ1n) is 12.6. The summed E-state index contributed by atoms with van der Waals surface area (Å²) in [6.45, 7) is 7.34. The van der Waals surface area contributed by atoms with Crippen molar-refractivity contribution < 1.29 is 28.3 Å². The van der Waals surface area contributed by atoms with E-state index in [0.717, 1.165) is 11.1 Å². The predicted octanol–water partition coefficient (Wildman–Crippen LogP) is 5.73. The molecule has 1 aliphatic rings. The van der Waals surface area contributed by atoms with Crippen LogP contribution in [0.4, 0.5) is 11.4 Å². The van der Waals surface area contributed by atoms with E-state index in [9.17, 15) is 19.2 Å². The SMILES string of the molecule is CCOC(=O)C1=C(C)N(c2ccc(C)c(C)c2)C(=O)/C1=C/c1ccc(CNC(=O)C(=O)Nc2ccc(Cl)c(Cl)c2)o1. The van der Waals surface area contributed by atoms with Crippen molar-refractivity contribution in [1.82, 2.24) is 5.32 Å². The van der Waals surface area contributed by atoms with Gasteiger partial charge in [-0.25, -0.2) is 4.79 Å². The number of ether oxygens (including phenoxy) is 1. The summed E-state index contributed by atoms with van der Waals surface area (Å²) in [4.78, 5) is 52.5. The Kier molecular flexibility index (Phi) is 9.00. The molecule has 0 unspecified atom stereocenters. The number of esters is 1. The third-order valence-corrected chi connectivity index (χ3v) is 7.14. The number of aryl methyl sites for hydroxylation is 2. The van der Waals surface area contributed by atoms with Gasteiger partial charge in [-0.15, -0.1) is 0 Å². The Morgan fingerprint density at radius 1 is 0.951 bits per heavy atom. The standard InChI is InChI=1S/C30H27Cl2N3O6/c1-5-40-30(39)26-18(4)35(20-8-6-16(2)17(3)12-20)29(38)23(26)14-21-9-10-22(41-21)15-33-27(36)28(37)34-19-7-11-24(31)25(32)13-19/h6-14H,5,15H2,1-4H3,(H,33,36)(H,34,37)/b23-14+. The lowest BCUT2D eigenvalue weighted by Crippen LogP contribution is -2.34. The molecule has 2 heterocycles. The van der Waals surface area contributed by atoms with Gasteiger partial charge in [0.25, 0.3) is 5.91 Å². The van der Waals surface area contributed by atoms with E-state index in [1.807, 2.05) is 32.0 Å². The van der Waals surface area contributed by atoms with Crippen LogP contribution in [0, 0.1) is 13.8 Å². The minimum atomic E-state index is -0.903. The minimum Gasteiger partial charge on any atom is -0.462 e. The number of halogens is 2. The molecule has 0 fully saturated rings. The van der Waals surface area contributed by atoms with Gasteiger partial charge in [0.05, 0.1) is 34.3 Å². The molecular formula is C30H27Cl2N3O6. The molecule has 1 aromatic heterocycles. The molecule has 0 saturated heterocycles. The summed E-state index contributed by atoms with van der Waals surface area (Å²) >= 11 is 11.8. The van der Waals surface area contributed by atoms with Gasteiger partial charge in [-0.2, -0.15) is 0 Å². The Morgan fingerprint density at radius 3 is 2.39 bits per heavy atom. The molecule has 0 atom stereocenters. The predicted molar refractivity (Wildman–Crippen MR) is 156 cm³/mol. The highest BCUT2D eigenvalue weighted by molar-refractivity contribution is 6.43. The van der Waals surface area contributed by atoms with Crippen LogP contribution in [0.2, 0.25) is 10.0 Å². The molecule has 0 radical (unpaired) electrons. The fourth-order valence-corrected chi connectivity index (χ4v) is 4.47. The summed E-state index contributed by atoms with van der Waals surface area (Å²) < 4.78 is 11.0. The highest BCUT2D eigenvalue weighted by atomic mass is 35.5. The summed E-state index contributed by atoms with van der Waals surface area (Å²) in [5.41, 5.74) is 3.71. The Labute approximate surface area is 246 Å².